The van der Waals surface area contributed by atoms with E-state index in [9.17, 15) is 4.79 Å². The second-order valence-corrected chi connectivity index (χ2v) is 4.45. The number of hydrogen-bond acceptors (Lipinski definition) is 3. The molecule has 0 saturated carbocycles. The Morgan fingerprint density at radius 1 is 1.33 bits per heavy atom. The summed E-state index contributed by atoms with van der Waals surface area (Å²) < 4.78 is 0. The number of carboxylic acid groups (broad SMARTS) is 1. The van der Waals surface area contributed by atoms with Crippen molar-refractivity contribution >= 4 is 11.8 Å². The predicted octanol–water partition coefficient (Wildman–Crippen LogP) is 3.19. The Morgan fingerprint density at radius 3 is 2.50 bits per heavy atom. The molecule has 0 atom stereocenters. The number of carboxylic acids is 1. The third kappa shape index (κ3) is 4.02. The lowest BCUT2D eigenvalue weighted by Crippen LogP contribution is -2.14. The zero-order valence-electron chi connectivity index (χ0n) is 11.4. The van der Waals surface area contributed by atoms with Crippen LogP contribution in [0.3, 0.4) is 0 Å². The van der Waals surface area contributed by atoms with Gasteiger partial charge in [-0.1, -0.05) is 33.6 Å². The summed E-state index contributed by atoms with van der Waals surface area (Å²) in [5.74, 6) is 0.363. The van der Waals surface area contributed by atoms with Gasteiger partial charge in [0.15, 0.2) is 0 Å². The van der Waals surface area contributed by atoms with Gasteiger partial charge in [0.25, 0.3) is 0 Å². The van der Waals surface area contributed by atoms with E-state index in [2.05, 4.69) is 24.1 Å². The van der Waals surface area contributed by atoms with E-state index < -0.39 is 5.97 Å². The molecule has 0 radical (unpaired) electrons. The van der Waals surface area contributed by atoms with Gasteiger partial charge in [0, 0.05) is 12.2 Å². The van der Waals surface area contributed by atoms with Crippen LogP contribution in [0.1, 0.15) is 49.7 Å². The first-order chi connectivity index (χ1) is 8.60. The minimum Gasteiger partial charge on any atom is -0.478 e. The molecule has 1 rings (SSSR count). The SMILES string of the molecule is CCc1cc(C(=O)O)cc(NCC(CC)CC)n1. The van der Waals surface area contributed by atoms with E-state index in [4.69, 9.17) is 5.11 Å². The van der Waals surface area contributed by atoms with E-state index in [-0.39, 0.29) is 0 Å². The first kappa shape index (κ1) is 14.5. The maximum Gasteiger partial charge on any atom is 0.335 e. The monoisotopic (exact) mass is 250 g/mol. The summed E-state index contributed by atoms with van der Waals surface area (Å²) in [6.07, 6.45) is 2.96. The van der Waals surface area contributed by atoms with Crippen molar-refractivity contribution in [3.8, 4) is 0 Å². The minimum atomic E-state index is -0.905. The lowest BCUT2D eigenvalue weighted by Gasteiger charge is -2.14. The summed E-state index contributed by atoms with van der Waals surface area (Å²) >= 11 is 0. The van der Waals surface area contributed by atoms with E-state index >= 15 is 0 Å². The highest BCUT2D eigenvalue weighted by molar-refractivity contribution is 5.88. The van der Waals surface area contributed by atoms with Gasteiger partial charge < -0.3 is 10.4 Å². The van der Waals surface area contributed by atoms with Crippen LogP contribution >= 0.6 is 0 Å². The van der Waals surface area contributed by atoms with Gasteiger partial charge in [-0.05, 0) is 24.5 Å². The number of aryl methyl sites for hydroxylation is 1. The quantitative estimate of drug-likeness (QED) is 0.780. The van der Waals surface area contributed by atoms with Gasteiger partial charge in [-0.2, -0.15) is 0 Å². The number of rotatable bonds is 7. The molecule has 2 N–H and O–H groups in total. The molecule has 4 nitrogen and oxygen atoms in total. The molecule has 1 heterocycles. The van der Waals surface area contributed by atoms with Gasteiger partial charge in [0.2, 0.25) is 0 Å². The van der Waals surface area contributed by atoms with Gasteiger partial charge >= 0.3 is 5.97 Å². The van der Waals surface area contributed by atoms with Crippen LogP contribution in [0.2, 0.25) is 0 Å². The summed E-state index contributed by atoms with van der Waals surface area (Å²) in [5, 5.41) is 12.3. The molecule has 1 aromatic rings. The molecular formula is C14H22N2O2. The topological polar surface area (TPSA) is 62.2 Å². The molecule has 0 aliphatic heterocycles. The van der Waals surface area contributed by atoms with Crippen LogP contribution in [0.4, 0.5) is 5.82 Å². The number of nitrogens with zero attached hydrogens (tertiary/aromatic N) is 1. The summed E-state index contributed by atoms with van der Waals surface area (Å²) in [7, 11) is 0. The lowest BCUT2D eigenvalue weighted by molar-refractivity contribution is 0.0696. The van der Waals surface area contributed by atoms with Crippen LogP contribution in [0.5, 0.6) is 0 Å². The zero-order chi connectivity index (χ0) is 13.5. The fourth-order valence-corrected chi connectivity index (χ4v) is 1.81. The minimum absolute atomic E-state index is 0.300. The second kappa shape index (κ2) is 6.99. The molecule has 0 amide bonds. The van der Waals surface area contributed by atoms with Gasteiger partial charge in [-0.15, -0.1) is 0 Å². The van der Waals surface area contributed by atoms with Crippen molar-refractivity contribution in [2.45, 2.75) is 40.0 Å². The van der Waals surface area contributed by atoms with E-state index in [1.54, 1.807) is 12.1 Å². The largest absolute Gasteiger partial charge is 0.478 e. The number of hydrogen-bond donors (Lipinski definition) is 2. The molecule has 100 valence electrons. The molecule has 0 aliphatic rings. The molecule has 0 aliphatic carbocycles. The summed E-state index contributed by atoms with van der Waals surface area (Å²) in [6, 6.07) is 3.23. The molecule has 0 fully saturated rings. The predicted molar refractivity (Wildman–Crippen MR) is 73.1 cm³/mol. The maximum atomic E-state index is 11.0. The van der Waals surface area contributed by atoms with Crippen LogP contribution in [-0.2, 0) is 6.42 Å². The first-order valence-electron chi connectivity index (χ1n) is 6.58. The van der Waals surface area contributed by atoms with Crippen molar-refractivity contribution in [1.29, 1.82) is 0 Å². The Balaban J connectivity index is 2.81. The molecule has 0 saturated heterocycles. The fourth-order valence-electron chi connectivity index (χ4n) is 1.81. The van der Waals surface area contributed by atoms with Crippen LogP contribution in [-0.4, -0.2) is 22.6 Å². The highest BCUT2D eigenvalue weighted by Gasteiger charge is 2.09. The normalized spacial score (nSPS) is 10.7. The summed E-state index contributed by atoms with van der Waals surface area (Å²) in [6.45, 7) is 7.13. The van der Waals surface area contributed by atoms with E-state index in [1.165, 1.54) is 0 Å². The Labute approximate surface area is 108 Å². The molecule has 4 heteroatoms. The molecule has 18 heavy (non-hydrogen) atoms. The molecule has 0 unspecified atom stereocenters. The second-order valence-electron chi connectivity index (χ2n) is 4.45. The van der Waals surface area contributed by atoms with E-state index in [1.807, 2.05) is 6.92 Å². The zero-order valence-corrected chi connectivity index (χ0v) is 11.4. The molecule has 1 aromatic heterocycles. The number of pyridine rings is 1. The molecular weight excluding hydrogens is 228 g/mol. The van der Waals surface area contributed by atoms with Crippen molar-refractivity contribution < 1.29 is 9.90 Å². The van der Waals surface area contributed by atoms with Crippen LogP contribution in [0.15, 0.2) is 12.1 Å². The fraction of sp³-hybridized carbons (Fsp3) is 0.571. The van der Waals surface area contributed by atoms with Crippen molar-refractivity contribution in [2.75, 3.05) is 11.9 Å². The molecule has 0 spiro atoms. The van der Waals surface area contributed by atoms with E-state index in [0.29, 0.717) is 17.3 Å². The van der Waals surface area contributed by atoms with Gasteiger partial charge in [-0.25, -0.2) is 9.78 Å². The Hall–Kier alpha value is -1.58. The number of aromatic nitrogens is 1. The van der Waals surface area contributed by atoms with Gasteiger partial charge in [-0.3, -0.25) is 0 Å². The number of anilines is 1. The van der Waals surface area contributed by atoms with Gasteiger partial charge in [0.05, 0.1) is 5.56 Å². The average molecular weight is 250 g/mol. The van der Waals surface area contributed by atoms with Crippen molar-refractivity contribution in [1.82, 2.24) is 4.98 Å². The Kier molecular flexibility index (Phi) is 5.62. The highest BCUT2D eigenvalue weighted by atomic mass is 16.4. The van der Waals surface area contributed by atoms with Crippen molar-refractivity contribution in [3.05, 3.63) is 23.4 Å². The highest BCUT2D eigenvalue weighted by Crippen LogP contribution is 2.14. The smallest absolute Gasteiger partial charge is 0.335 e. The van der Waals surface area contributed by atoms with Gasteiger partial charge in [0.1, 0.15) is 5.82 Å². The third-order valence-corrected chi connectivity index (χ3v) is 3.21. The Morgan fingerprint density at radius 2 is 2.00 bits per heavy atom. The van der Waals surface area contributed by atoms with E-state index in [0.717, 1.165) is 31.5 Å². The number of nitrogens with one attached hydrogen (secondary N) is 1. The number of aromatic carboxylic acids is 1. The Bertz CT molecular complexity index is 401. The maximum absolute atomic E-state index is 11.0. The van der Waals surface area contributed by atoms with Crippen LogP contribution < -0.4 is 5.32 Å². The van der Waals surface area contributed by atoms with Crippen LogP contribution in [0, 0.1) is 5.92 Å². The van der Waals surface area contributed by atoms with Crippen molar-refractivity contribution in [3.63, 3.8) is 0 Å². The summed E-state index contributed by atoms with van der Waals surface area (Å²) in [4.78, 5) is 15.4. The lowest BCUT2D eigenvalue weighted by atomic mass is 10.0. The molecule has 0 aromatic carbocycles. The van der Waals surface area contributed by atoms with Crippen LogP contribution in [0.25, 0.3) is 0 Å². The summed E-state index contributed by atoms with van der Waals surface area (Å²) in [5.41, 5.74) is 1.11. The first-order valence-corrected chi connectivity index (χ1v) is 6.58. The average Bonchev–Trinajstić information content (AvgIpc) is 2.39. The van der Waals surface area contributed by atoms with Crippen molar-refractivity contribution in [2.24, 2.45) is 5.92 Å². The third-order valence-electron chi connectivity index (χ3n) is 3.21. The molecule has 0 bridgehead atoms. The number of carbonyl (C=O) groups is 1. The standard InChI is InChI=1S/C14H22N2O2/c1-4-10(5-2)9-15-13-8-11(14(17)18)7-12(6-3)16-13/h7-8,10H,4-6,9H2,1-3H3,(H,15,16)(H,17,18).